The van der Waals surface area contributed by atoms with Gasteiger partial charge in [-0.1, -0.05) is 12.2 Å². The highest BCUT2D eigenvalue weighted by atomic mass is 32.9. The highest BCUT2D eigenvalue weighted by molar-refractivity contribution is 8.60. The molecule has 10 heavy (non-hydrogen) atoms. The zero-order chi connectivity index (χ0) is 7.78. The van der Waals surface area contributed by atoms with Crippen LogP contribution in [0.5, 0.6) is 0 Å². The molecule has 5 heteroatoms. The average Bonchev–Trinajstić information content (AvgIpc) is 1.54. The van der Waals surface area contributed by atoms with Gasteiger partial charge in [0.2, 0.25) is 5.69 Å². The second-order valence-corrected chi connectivity index (χ2v) is 7.73. The van der Waals surface area contributed by atoms with Crippen molar-refractivity contribution in [3.63, 3.8) is 0 Å². The van der Waals surface area contributed by atoms with Crippen LogP contribution in [0.1, 0.15) is 20.3 Å². The lowest BCUT2D eigenvalue weighted by Gasteiger charge is -2.31. The van der Waals surface area contributed by atoms with Gasteiger partial charge in [0.1, 0.15) is 0 Å². The van der Waals surface area contributed by atoms with Gasteiger partial charge in [-0.3, -0.25) is 0 Å². The first-order valence-electron chi connectivity index (χ1n) is 3.19. The van der Waals surface area contributed by atoms with Crippen LogP contribution >= 0.6 is 17.9 Å². The third kappa shape index (κ3) is 2.51. The molecular weight excluding hydrogens is 187 g/mol. The molecule has 2 unspecified atom stereocenters. The molecule has 60 valence electrons. The van der Waals surface area contributed by atoms with Crippen LogP contribution in [0.2, 0.25) is 0 Å². The summed E-state index contributed by atoms with van der Waals surface area (Å²) >= 11 is 9.10. The molecule has 0 aliphatic carbocycles. The zero-order valence-corrected chi connectivity index (χ0v) is 8.59. The quantitative estimate of drug-likeness (QED) is 0.476. The molecular formula is C5H11O2PS2. The first kappa shape index (κ1) is 9.01. The van der Waals surface area contributed by atoms with Crippen molar-refractivity contribution in [2.45, 2.75) is 32.5 Å². The Kier molecular flexibility index (Phi) is 2.81. The monoisotopic (exact) mass is 198 g/mol. The van der Waals surface area contributed by atoms with Crippen molar-refractivity contribution >= 4 is 29.7 Å². The van der Waals surface area contributed by atoms with Crippen LogP contribution in [0.3, 0.4) is 0 Å². The van der Waals surface area contributed by atoms with E-state index in [9.17, 15) is 0 Å². The molecule has 0 saturated carbocycles. The molecule has 0 radical (unpaired) electrons. The van der Waals surface area contributed by atoms with Crippen molar-refractivity contribution in [2.75, 3.05) is 0 Å². The summed E-state index contributed by atoms with van der Waals surface area (Å²) in [4.78, 5) is 0. The summed E-state index contributed by atoms with van der Waals surface area (Å²) in [6.45, 7) is 3.99. The van der Waals surface area contributed by atoms with Gasteiger partial charge in [0, 0.05) is 6.42 Å². The Morgan fingerprint density at radius 3 is 2.10 bits per heavy atom. The van der Waals surface area contributed by atoms with Gasteiger partial charge < -0.3 is 9.05 Å². The molecule has 0 aromatic carbocycles. The van der Waals surface area contributed by atoms with E-state index in [1.54, 1.807) is 0 Å². The van der Waals surface area contributed by atoms with E-state index in [0.29, 0.717) is 0 Å². The van der Waals surface area contributed by atoms with Crippen molar-refractivity contribution in [3.8, 4) is 0 Å². The minimum Gasteiger partial charge on any atom is -0.319 e. The van der Waals surface area contributed by atoms with Crippen LogP contribution in [0, 0.1) is 0 Å². The van der Waals surface area contributed by atoms with Crippen LogP contribution in [-0.4, -0.2) is 12.2 Å². The van der Waals surface area contributed by atoms with Gasteiger partial charge in [-0.2, -0.15) is 0 Å². The molecule has 1 rings (SSSR count). The Balaban J connectivity index is 2.60. The third-order valence-electron chi connectivity index (χ3n) is 1.29. The van der Waals surface area contributed by atoms with Crippen LogP contribution in [0.25, 0.3) is 0 Å². The highest BCUT2D eigenvalue weighted by Crippen LogP contribution is 2.58. The maximum Gasteiger partial charge on any atom is 0.244 e. The Morgan fingerprint density at radius 1 is 1.40 bits per heavy atom. The minimum absolute atomic E-state index is 0.201. The maximum absolute atomic E-state index is 5.31. The van der Waals surface area contributed by atoms with Crippen LogP contribution in [0.15, 0.2) is 0 Å². The lowest BCUT2D eigenvalue weighted by atomic mass is 10.2. The van der Waals surface area contributed by atoms with Gasteiger partial charge in [-0.25, -0.2) is 0 Å². The second kappa shape index (κ2) is 3.11. The Bertz CT molecular complexity index is 159. The van der Waals surface area contributed by atoms with Crippen LogP contribution < -0.4 is 0 Å². The van der Waals surface area contributed by atoms with Crippen molar-refractivity contribution in [1.82, 2.24) is 0 Å². The van der Waals surface area contributed by atoms with E-state index in [0.717, 1.165) is 6.42 Å². The molecule has 0 aromatic heterocycles. The van der Waals surface area contributed by atoms with Gasteiger partial charge in [-0.05, 0) is 25.7 Å². The topological polar surface area (TPSA) is 18.5 Å². The summed E-state index contributed by atoms with van der Waals surface area (Å²) < 4.78 is 10.6. The van der Waals surface area contributed by atoms with Gasteiger partial charge >= 0.3 is 0 Å². The molecule has 2 nitrogen and oxygen atoms in total. The second-order valence-electron chi connectivity index (χ2n) is 2.54. The molecule has 2 atom stereocenters. The molecule has 0 bridgehead atoms. The SMILES string of the molecule is CC1CC(C)OP(=S)(S)O1. The van der Waals surface area contributed by atoms with E-state index in [4.69, 9.17) is 20.9 Å². The van der Waals surface area contributed by atoms with E-state index in [-0.39, 0.29) is 12.2 Å². The largest absolute Gasteiger partial charge is 0.319 e. The number of hydrogen-bond donors (Lipinski definition) is 1. The zero-order valence-electron chi connectivity index (χ0n) is 5.98. The molecule has 1 aliphatic heterocycles. The first-order valence-corrected chi connectivity index (χ1v) is 6.98. The summed E-state index contributed by atoms with van der Waals surface area (Å²) in [7, 11) is 0. The molecule has 0 amide bonds. The molecule has 0 aromatic rings. The first-order chi connectivity index (χ1) is 4.49. The van der Waals surface area contributed by atoms with Crippen molar-refractivity contribution < 1.29 is 9.05 Å². The molecule has 0 spiro atoms. The third-order valence-corrected chi connectivity index (χ3v) is 3.62. The van der Waals surface area contributed by atoms with Crippen LogP contribution in [-0.2, 0) is 20.9 Å². The molecule has 1 aliphatic rings. The number of hydrogen-bond acceptors (Lipinski definition) is 3. The molecule has 1 fully saturated rings. The Hall–Kier alpha value is 0.920. The standard InChI is InChI=1S/C5H11O2PS2/c1-4-3-5(2)7-8(9,10)6-4/h4-5H,3H2,1-2H3,(H,9,10). The van der Waals surface area contributed by atoms with Gasteiger partial charge in [0.25, 0.3) is 0 Å². The molecule has 1 heterocycles. The predicted molar refractivity (Wildman–Crippen MR) is 49.0 cm³/mol. The Labute approximate surface area is 71.6 Å². The lowest BCUT2D eigenvalue weighted by Crippen LogP contribution is -2.22. The summed E-state index contributed by atoms with van der Waals surface area (Å²) in [5, 5.41) is 0. The van der Waals surface area contributed by atoms with Crippen LogP contribution in [0.4, 0.5) is 0 Å². The van der Waals surface area contributed by atoms with Gasteiger partial charge in [-0.15, -0.1) is 0 Å². The van der Waals surface area contributed by atoms with Gasteiger partial charge in [0.15, 0.2) is 0 Å². The van der Waals surface area contributed by atoms with Gasteiger partial charge in [0.05, 0.1) is 12.2 Å². The summed E-state index contributed by atoms with van der Waals surface area (Å²) in [5.41, 5.74) is -2.17. The number of thiol groups is 1. The number of rotatable bonds is 0. The summed E-state index contributed by atoms with van der Waals surface area (Å²) in [6.07, 6.45) is 1.32. The lowest BCUT2D eigenvalue weighted by molar-refractivity contribution is 0.0792. The van der Waals surface area contributed by atoms with E-state index in [1.165, 1.54) is 0 Å². The summed E-state index contributed by atoms with van der Waals surface area (Å²) in [6, 6.07) is 0. The fourth-order valence-corrected chi connectivity index (χ4v) is 4.01. The minimum atomic E-state index is -2.17. The Morgan fingerprint density at radius 2 is 1.80 bits per heavy atom. The fourth-order valence-electron chi connectivity index (χ4n) is 1.03. The highest BCUT2D eigenvalue weighted by Gasteiger charge is 2.27. The molecule has 0 N–H and O–H groups in total. The fraction of sp³-hybridized carbons (Fsp3) is 1.00. The van der Waals surface area contributed by atoms with Crippen molar-refractivity contribution in [3.05, 3.63) is 0 Å². The van der Waals surface area contributed by atoms with E-state index in [2.05, 4.69) is 12.2 Å². The molecule has 1 saturated heterocycles. The van der Waals surface area contributed by atoms with E-state index in [1.807, 2.05) is 13.8 Å². The summed E-state index contributed by atoms with van der Waals surface area (Å²) in [5.74, 6) is 0. The normalized spacial score (nSPS) is 49.1. The van der Waals surface area contributed by atoms with Crippen molar-refractivity contribution in [2.24, 2.45) is 0 Å². The average molecular weight is 198 g/mol. The smallest absolute Gasteiger partial charge is 0.244 e. The van der Waals surface area contributed by atoms with E-state index >= 15 is 0 Å². The van der Waals surface area contributed by atoms with E-state index < -0.39 is 5.69 Å². The van der Waals surface area contributed by atoms with Crippen molar-refractivity contribution in [1.29, 1.82) is 0 Å². The maximum atomic E-state index is 5.31. The predicted octanol–water partition coefficient (Wildman–Crippen LogP) is 2.35.